The number of benzene rings is 1. The van der Waals surface area contributed by atoms with Gasteiger partial charge in [0.05, 0.1) is 11.7 Å². The SMILES string of the molecule is Cc1ccc(C(F)(F)F)cc1NCC1CCCCO1. The predicted molar refractivity (Wildman–Crippen MR) is 68.3 cm³/mol. The molecular formula is C14H18F3NO. The van der Waals surface area contributed by atoms with Gasteiger partial charge in [-0.15, -0.1) is 0 Å². The first kappa shape index (κ1) is 14.2. The van der Waals surface area contributed by atoms with Gasteiger partial charge in [0.2, 0.25) is 0 Å². The number of nitrogens with one attached hydrogen (secondary N) is 1. The standard InChI is InChI=1S/C14H18F3NO/c1-10-5-6-11(14(15,16)17)8-13(10)18-9-12-4-2-3-7-19-12/h5-6,8,12,18H,2-4,7,9H2,1H3. The van der Waals surface area contributed by atoms with Crippen molar-refractivity contribution in [3.05, 3.63) is 29.3 Å². The Labute approximate surface area is 111 Å². The monoisotopic (exact) mass is 273 g/mol. The molecule has 0 aromatic heterocycles. The summed E-state index contributed by atoms with van der Waals surface area (Å²) in [5, 5.41) is 3.07. The molecule has 0 aliphatic carbocycles. The van der Waals surface area contributed by atoms with Gasteiger partial charge in [0.15, 0.2) is 0 Å². The number of aryl methyl sites for hydroxylation is 1. The number of hydrogen-bond donors (Lipinski definition) is 1. The predicted octanol–water partition coefficient (Wildman–Crippen LogP) is 3.99. The van der Waals surface area contributed by atoms with E-state index >= 15 is 0 Å². The minimum absolute atomic E-state index is 0.0997. The molecule has 5 heteroatoms. The molecule has 106 valence electrons. The molecule has 1 aromatic carbocycles. The molecule has 1 saturated heterocycles. The molecule has 0 amide bonds. The highest BCUT2D eigenvalue weighted by molar-refractivity contribution is 5.53. The van der Waals surface area contributed by atoms with Crippen molar-refractivity contribution in [2.75, 3.05) is 18.5 Å². The van der Waals surface area contributed by atoms with Crippen LogP contribution in [0.15, 0.2) is 18.2 Å². The van der Waals surface area contributed by atoms with Gasteiger partial charge < -0.3 is 10.1 Å². The summed E-state index contributed by atoms with van der Waals surface area (Å²) in [6, 6.07) is 3.77. The van der Waals surface area contributed by atoms with Crippen molar-refractivity contribution >= 4 is 5.69 Å². The number of alkyl halides is 3. The van der Waals surface area contributed by atoms with Crippen LogP contribution in [0, 0.1) is 6.92 Å². The summed E-state index contributed by atoms with van der Waals surface area (Å²) < 4.78 is 43.5. The van der Waals surface area contributed by atoms with E-state index in [0.29, 0.717) is 12.2 Å². The molecule has 1 aliphatic rings. The Morgan fingerprint density at radius 1 is 1.32 bits per heavy atom. The van der Waals surface area contributed by atoms with Gasteiger partial charge in [-0.1, -0.05) is 6.07 Å². The van der Waals surface area contributed by atoms with Crippen LogP contribution < -0.4 is 5.32 Å². The number of rotatable bonds is 3. The second-order valence-corrected chi connectivity index (χ2v) is 4.90. The summed E-state index contributed by atoms with van der Waals surface area (Å²) in [6.07, 6.45) is -1.05. The molecule has 1 unspecified atom stereocenters. The van der Waals surface area contributed by atoms with Crippen LogP contribution in [0.2, 0.25) is 0 Å². The van der Waals surface area contributed by atoms with Crippen molar-refractivity contribution < 1.29 is 17.9 Å². The molecule has 1 N–H and O–H groups in total. The fraction of sp³-hybridized carbons (Fsp3) is 0.571. The Bertz CT molecular complexity index is 425. The van der Waals surface area contributed by atoms with E-state index in [2.05, 4.69) is 5.32 Å². The Morgan fingerprint density at radius 2 is 2.11 bits per heavy atom. The normalized spacial score (nSPS) is 20.3. The van der Waals surface area contributed by atoms with Gasteiger partial charge in [-0.3, -0.25) is 0 Å². The second-order valence-electron chi connectivity index (χ2n) is 4.90. The van der Waals surface area contributed by atoms with Crippen LogP contribution in [0.25, 0.3) is 0 Å². The lowest BCUT2D eigenvalue weighted by Crippen LogP contribution is -2.27. The molecule has 2 nitrogen and oxygen atoms in total. The Balaban J connectivity index is 2.02. The molecule has 0 saturated carbocycles. The van der Waals surface area contributed by atoms with Gasteiger partial charge >= 0.3 is 6.18 Å². The summed E-state index contributed by atoms with van der Waals surface area (Å²) >= 11 is 0. The van der Waals surface area contributed by atoms with Crippen molar-refractivity contribution in [2.24, 2.45) is 0 Å². The lowest BCUT2D eigenvalue weighted by atomic mass is 10.1. The number of hydrogen-bond acceptors (Lipinski definition) is 2. The van der Waals surface area contributed by atoms with E-state index in [9.17, 15) is 13.2 Å². The minimum atomic E-state index is -4.30. The highest BCUT2D eigenvalue weighted by atomic mass is 19.4. The average molecular weight is 273 g/mol. The van der Waals surface area contributed by atoms with E-state index in [1.165, 1.54) is 6.07 Å². The van der Waals surface area contributed by atoms with Crippen molar-refractivity contribution in [3.8, 4) is 0 Å². The van der Waals surface area contributed by atoms with E-state index in [1.54, 1.807) is 6.92 Å². The molecule has 1 aromatic rings. The number of ether oxygens (including phenoxy) is 1. The number of halogens is 3. The molecule has 19 heavy (non-hydrogen) atoms. The quantitative estimate of drug-likeness (QED) is 0.899. The van der Waals surface area contributed by atoms with Crippen LogP contribution in [0.1, 0.15) is 30.4 Å². The van der Waals surface area contributed by atoms with E-state index in [-0.39, 0.29) is 6.10 Å². The maximum Gasteiger partial charge on any atom is 0.416 e. The average Bonchev–Trinajstić information content (AvgIpc) is 2.37. The molecule has 1 atom stereocenters. The van der Waals surface area contributed by atoms with Crippen molar-refractivity contribution in [2.45, 2.75) is 38.5 Å². The maximum atomic E-state index is 12.6. The summed E-state index contributed by atoms with van der Waals surface area (Å²) in [5.74, 6) is 0. The molecule has 1 aliphatic heterocycles. The van der Waals surface area contributed by atoms with Crippen molar-refractivity contribution in [1.82, 2.24) is 0 Å². The minimum Gasteiger partial charge on any atom is -0.382 e. The van der Waals surface area contributed by atoms with Crippen molar-refractivity contribution in [3.63, 3.8) is 0 Å². The van der Waals surface area contributed by atoms with Crippen LogP contribution in [0.3, 0.4) is 0 Å². The first-order chi connectivity index (χ1) is 8.97. The van der Waals surface area contributed by atoms with Crippen LogP contribution in [-0.4, -0.2) is 19.3 Å². The molecule has 2 rings (SSSR count). The number of anilines is 1. The molecule has 1 fully saturated rings. The third kappa shape index (κ3) is 3.86. The highest BCUT2D eigenvalue weighted by Crippen LogP contribution is 2.32. The third-order valence-electron chi connectivity index (χ3n) is 3.36. The molecular weight excluding hydrogens is 255 g/mol. The zero-order valence-electron chi connectivity index (χ0n) is 10.9. The van der Waals surface area contributed by atoms with E-state index in [0.717, 1.165) is 43.6 Å². The highest BCUT2D eigenvalue weighted by Gasteiger charge is 2.30. The van der Waals surface area contributed by atoms with Crippen LogP contribution in [-0.2, 0) is 10.9 Å². The van der Waals surface area contributed by atoms with Gasteiger partial charge in [0, 0.05) is 18.8 Å². The van der Waals surface area contributed by atoms with Gasteiger partial charge in [0.25, 0.3) is 0 Å². The molecule has 0 bridgehead atoms. The fourth-order valence-corrected chi connectivity index (χ4v) is 2.18. The van der Waals surface area contributed by atoms with Crippen LogP contribution in [0.4, 0.5) is 18.9 Å². The van der Waals surface area contributed by atoms with E-state index in [1.807, 2.05) is 0 Å². The summed E-state index contributed by atoms with van der Waals surface area (Å²) in [7, 11) is 0. The molecule has 0 spiro atoms. The van der Waals surface area contributed by atoms with Crippen molar-refractivity contribution in [1.29, 1.82) is 0 Å². The molecule has 1 heterocycles. The Kier molecular flexibility index (Phi) is 4.34. The lowest BCUT2D eigenvalue weighted by Gasteiger charge is -2.24. The summed E-state index contributed by atoms with van der Waals surface area (Å²) in [5.41, 5.74) is 0.720. The van der Waals surface area contributed by atoms with E-state index in [4.69, 9.17) is 4.74 Å². The van der Waals surface area contributed by atoms with Crippen LogP contribution >= 0.6 is 0 Å². The summed E-state index contributed by atoms with van der Waals surface area (Å²) in [4.78, 5) is 0. The first-order valence-corrected chi connectivity index (χ1v) is 6.50. The topological polar surface area (TPSA) is 21.3 Å². The van der Waals surface area contributed by atoms with Gasteiger partial charge in [0.1, 0.15) is 0 Å². The van der Waals surface area contributed by atoms with E-state index < -0.39 is 11.7 Å². The van der Waals surface area contributed by atoms with Crippen LogP contribution in [0.5, 0.6) is 0 Å². The Hall–Kier alpha value is -1.23. The smallest absolute Gasteiger partial charge is 0.382 e. The fourth-order valence-electron chi connectivity index (χ4n) is 2.18. The lowest BCUT2D eigenvalue weighted by molar-refractivity contribution is -0.137. The zero-order valence-corrected chi connectivity index (χ0v) is 10.9. The second kappa shape index (κ2) is 5.82. The zero-order chi connectivity index (χ0) is 13.9. The van der Waals surface area contributed by atoms with Gasteiger partial charge in [-0.25, -0.2) is 0 Å². The van der Waals surface area contributed by atoms with Gasteiger partial charge in [-0.05, 0) is 43.9 Å². The maximum absolute atomic E-state index is 12.6. The third-order valence-corrected chi connectivity index (χ3v) is 3.36. The first-order valence-electron chi connectivity index (χ1n) is 6.50. The summed E-state index contributed by atoms with van der Waals surface area (Å²) in [6.45, 7) is 3.10. The van der Waals surface area contributed by atoms with Gasteiger partial charge in [-0.2, -0.15) is 13.2 Å². The Morgan fingerprint density at radius 3 is 2.74 bits per heavy atom. The molecule has 0 radical (unpaired) electrons. The largest absolute Gasteiger partial charge is 0.416 e.